The van der Waals surface area contributed by atoms with Gasteiger partial charge in [0.05, 0.1) is 25.8 Å². The van der Waals surface area contributed by atoms with Crippen LogP contribution in [0.2, 0.25) is 0 Å². The second-order valence-corrected chi connectivity index (χ2v) is 10.5. The van der Waals surface area contributed by atoms with E-state index < -0.39 is 25.6 Å². The summed E-state index contributed by atoms with van der Waals surface area (Å²) in [4.78, 5) is 39.7. The van der Waals surface area contributed by atoms with Crippen LogP contribution in [-0.2, 0) is 23.2 Å². The lowest BCUT2D eigenvalue weighted by molar-refractivity contribution is -0.139. The van der Waals surface area contributed by atoms with Crippen LogP contribution >= 0.6 is 23.5 Å². The summed E-state index contributed by atoms with van der Waals surface area (Å²) in [6.45, 7) is 4.05. The monoisotopic (exact) mass is 548 g/mol. The quantitative estimate of drug-likeness (QED) is 0.395. The van der Waals surface area contributed by atoms with E-state index in [0.717, 1.165) is 6.42 Å². The molecule has 1 saturated heterocycles. The minimum absolute atomic E-state index is 0.0347. The summed E-state index contributed by atoms with van der Waals surface area (Å²) in [5, 5.41) is 9.35. The fraction of sp³-hybridized carbons (Fsp3) is 0.571. The second kappa shape index (κ2) is 12.5. The Morgan fingerprint density at radius 2 is 1.91 bits per heavy atom. The van der Waals surface area contributed by atoms with Crippen molar-refractivity contribution < 1.29 is 37.8 Å². The summed E-state index contributed by atoms with van der Waals surface area (Å²) in [5.41, 5.74) is 0.0347. The molecule has 1 atom stereocenters. The molecule has 1 N–H and O–H groups in total. The van der Waals surface area contributed by atoms with Crippen molar-refractivity contribution in [2.45, 2.75) is 32.7 Å². The molecule has 1 aromatic carbocycles. The van der Waals surface area contributed by atoms with Crippen LogP contribution in [0.1, 0.15) is 37.0 Å². The number of ether oxygens (including phenoxy) is 1. The zero-order valence-corrected chi connectivity index (χ0v) is 21.5. The molecule has 0 aliphatic carbocycles. The van der Waals surface area contributed by atoms with Crippen molar-refractivity contribution in [3.63, 3.8) is 0 Å². The first-order chi connectivity index (χ1) is 15.6. The van der Waals surface area contributed by atoms with Gasteiger partial charge in [0, 0.05) is 18.1 Å². The minimum atomic E-state index is -3.56. The van der Waals surface area contributed by atoms with Crippen molar-refractivity contribution in [1.29, 1.82) is 0 Å². The van der Waals surface area contributed by atoms with Gasteiger partial charge in [-0.3, -0.25) is 14.2 Å². The first-order valence-corrected chi connectivity index (χ1v) is 13.2. The standard InChI is InChI=1S/C21H30BrN2O8P/c1-4-31-33(29,32-5-2)14-20(26)23(3)12-19(25)24-10-6-7-16(24)13-30-18-11-15(22)8-9-17(18)21(27)28/h8-9,11,16H,4-7,10,12-14H2,1-3H3,(H,27,28). The minimum Gasteiger partial charge on any atom is -0.490 e. The zero-order chi connectivity index (χ0) is 24.6. The highest BCUT2D eigenvalue weighted by molar-refractivity contribution is 9.10. The number of carboxylic acids is 1. The third-order valence-electron chi connectivity index (χ3n) is 5.08. The Kier molecular flexibility index (Phi) is 10.3. The van der Waals surface area contributed by atoms with Crippen LogP contribution < -0.4 is 4.74 Å². The van der Waals surface area contributed by atoms with Crippen molar-refractivity contribution >= 4 is 41.3 Å². The summed E-state index contributed by atoms with van der Waals surface area (Å²) in [7, 11) is -2.10. The molecule has 12 heteroatoms. The number of rotatable bonds is 12. The fourth-order valence-electron chi connectivity index (χ4n) is 3.51. The summed E-state index contributed by atoms with van der Waals surface area (Å²) >= 11 is 3.30. The Balaban J connectivity index is 1.98. The molecule has 1 aliphatic heterocycles. The van der Waals surface area contributed by atoms with E-state index in [2.05, 4.69) is 15.9 Å². The second-order valence-electron chi connectivity index (χ2n) is 7.49. The van der Waals surface area contributed by atoms with Crippen LogP contribution in [0.5, 0.6) is 5.75 Å². The number of carbonyl (C=O) groups excluding carboxylic acids is 2. The summed E-state index contributed by atoms with van der Waals surface area (Å²) in [5.74, 6) is -1.67. The van der Waals surface area contributed by atoms with Crippen LogP contribution in [-0.4, -0.2) is 84.9 Å². The molecule has 1 unspecified atom stereocenters. The van der Waals surface area contributed by atoms with E-state index >= 15 is 0 Å². The molecule has 184 valence electrons. The molecule has 10 nitrogen and oxygen atoms in total. The van der Waals surface area contributed by atoms with E-state index in [4.69, 9.17) is 13.8 Å². The molecule has 1 aromatic rings. The molecule has 33 heavy (non-hydrogen) atoms. The number of aromatic carboxylic acids is 1. The van der Waals surface area contributed by atoms with Gasteiger partial charge < -0.3 is 28.7 Å². The first-order valence-electron chi connectivity index (χ1n) is 10.7. The number of hydrogen-bond acceptors (Lipinski definition) is 7. The molecular formula is C21H30BrN2O8P. The zero-order valence-electron chi connectivity index (χ0n) is 19.0. The molecule has 0 saturated carbocycles. The smallest absolute Gasteiger partial charge is 0.340 e. The SMILES string of the molecule is CCOP(=O)(CC(=O)N(C)CC(=O)N1CCCC1COc1cc(Br)ccc1C(=O)O)OCC. The largest absolute Gasteiger partial charge is 0.490 e. The number of amides is 2. The lowest BCUT2D eigenvalue weighted by Crippen LogP contribution is -2.45. The van der Waals surface area contributed by atoms with Crippen LogP contribution in [0.15, 0.2) is 22.7 Å². The summed E-state index contributed by atoms with van der Waals surface area (Å²) in [6, 6.07) is 4.39. The summed E-state index contributed by atoms with van der Waals surface area (Å²) < 4.78 is 29.3. The maximum Gasteiger partial charge on any atom is 0.340 e. The highest BCUT2D eigenvalue weighted by Crippen LogP contribution is 2.47. The molecular weight excluding hydrogens is 519 g/mol. The molecule has 0 spiro atoms. The van der Waals surface area contributed by atoms with Gasteiger partial charge >= 0.3 is 13.6 Å². The lowest BCUT2D eigenvalue weighted by atomic mass is 10.2. The fourth-order valence-corrected chi connectivity index (χ4v) is 5.46. The van der Waals surface area contributed by atoms with E-state index in [1.807, 2.05) is 0 Å². The highest BCUT2D eigenvalue weighted by atomic mass is 79.9. The van der Waals surface area contributed by atoms with Gasteiger partial charge in [0.15, 0.2) is 0 Å². The van der Waals surface area contributed by atoms with Crippen LogP contribution in [0.25, 0.3) is 0 Å². The van der Waals surface area contributed by atoms with Gasteiger partial charge in [-0.2, -0.15) is 0 Å². The first kappa shape index (κ1) is 27.3. The maximum atomic E-state index is 12.9. The number of likely N-dealkylation sites (N-methyl/N-ethyl adjacent to an activating group) is 1. The lowest BCUT2D eigenvalue weighted by Gasteiger charge is -2.28. The van der Waals surface area contributed by atoms with Crippen molar-refractivity contribution in [3.8, 4) is 5.75 Å². The molecule has 1 aliphatic rings. The van der Waals surface area contributed by atoms with E-state index in [0.29, 0.717) is 17.4 Å². The number of carboxylic acid groups (broad SMARTS) is 1. The third kappa shape index (κ3) is 7.81. The molecule has 2 amide bonds. The Morgan fingerprint density at radius 3 is 2.52 bits per heavy atom. The average molecular weight is 549 g/mol. The van der Waals surface area contributed by atoms with Gasteiger partial charge in [-0.25, -0.2) is 4.79 Å². The number of benzene rings is 1. The number of carbonyl (C=O) groups is 3. The molecule has 0 bridgehead atoms. The molecule has 1 fully saturated rings. The van der Waals surface area contributed by atoms with Gasteiger partial charge in [0.25, 0.3) is 0 Å². The third-order valence-corrected chi connectivity index (χ3v) is 7.54. The molecule has 2 rings (SSSR count). The Labute approximate surface area is 201 Å². The van der Waals surface area contributed by atoms with Gasteiger partial charge in [0.2, 0.25) is 11.8 Å². The van der Waals surface area contributed by atoms with Crippen molar-refractivity contribution in [1.82, 2.24) is 9.80 Å². The Morgan fingerprint density at radius 1 is 1.24 bits per heavy atom. The average Bonchev–Trinajstić information content (AvgIpc) is 3.21. The number of likely N-dealkylation sites (tertiary alicyclic amines) is 1. The van der Waals surface area contributed by atoms with Gasteiger partial charge in [-0.05, 0) is 44.9 Å². The maximum absolute atomic E-state index is 12.9. The van der Waals surface area contributed by atoms with Gasteiger partial charge in [0.1, 0.15) is 24.1 Å². The normalized spacial score (nSPS) is 16.0. The molecule has 0 radical (unpaired) electrons. The Hall–Kier alpha value is -1.94. The highest BCUT2D eigenvalue weighted by Gasteiger charge is 2.33. The predicted molar refractivity (Wildman–Crippen MR) is 125 cm³/mol. The predicted octanol–water partition coefficient (Wildman–Crippen LogP) is 3.24. The van der Waals surface area contributed by atoms with Crippen molar-refractivity contribution in [2.24, 2.45) is 0 Å². The van der Waals surface area contributed by atoms with Crippen LogP contribution in [0.3, 0.4) is 0 Å². The molecule has 1 heterocycles. The van der Waals surface area contributed by atoms with E-state index in [1.165, 1.54) is 18.0 Å². The number of halogens is 1. The van der Waals surface area contributed by atoms with Gasteiger partial charge in [-0.15, -0.1) is 0 Å². The topological polar surface area (TPSA) is 123 Å². The van der Waals surface area contributed by atoms with Crippen molar-refractivity contribution in [2.75, 3.05) is 46.1 Å². The summed E-state index contributed by atoms with van der Waals surface area (Å²) in [6.07, 6.45) is 1.03. The van der Waals surface area contributed by atoms with E-state index in [1.54, 1.807) is 30.9 Å². The van der Waals surface area contributed by atoms with E-state index in [9.17, 15) is 24.1 Å². The Bertz CT molecular complexity index is 902. The van der Waals surface area contributed by atoms with Crippen LogP contribution in [0, 0.1) is 0 Å². The molecule has 0 aromatic heterocycles. The number of nitrogens with zero attached hydrogens (tertiary/aromatic N) is 2. The van der Waals surface area contributed by atoms with Gasteiger partial charge in [-0.1, -0.05) is 15.9 Å². The van der Waals surface area contributed by atoms with Crippen LogP contribution in [0.4, 0.5) is 0 Å². The van der Waals surface area contributed by atoms with E-state index in [-0.39, 0.29) is 49.6 Å². The van der Waals surface area contributed by atoms with Crippen molar-refractivity contribution in [3.05, 3.63) is 28.2 Å². The number of hydrogen-bond donors (Lipinski definition) is 1.